The topological polar surface area (TPSA) is 65.2 Å². The second kappa shape index (κ2) is 7.63. The quantitative estimate of drug-likeness (QED) is 0.475. The Balaban J connectivity index is 1.66. The average Bonchev–Trinajstić information content (AvgIpc) is 3.22. The summed E-state index contributed by atoms with van der Waals surface area (Å²) in [4.78, 5) is 13.1. The number of rotatable bonds is 6. The highest BCUT2D eigenvalue weighted by Crippen LogP contribution is 2.27. The summed E-state index contributed by atoms with van der Waals surface area (Å²) in [6.45, 7) is 0.00531. The number of halogens is 1. The molecule has 3 rings (SSSR count). The number of carbonyl (C=O) groups excluding carboxylic acids is 1. The van der Waals surface area contributed by atoms with Crippen LogP contribution in [0.5, 0.6) is 0 Å². The standard InChI is InChI=1S/C15H11ClN2O3S2/c16-14-12(17-18-23-14)8-21-15(19)11-5-1-2-6-13(11)22-9-10-4-3-7-20-10/h1-7H,8-9H2. The molecule has 23 heavy (non-hydrogen) atoms. The van der Waals surface area contributed by atoms with Gasteiger partial charge in [-0.25, -0.2) is 4.79 Å². The summed E-state index contributed by atoms with van der Waals surface area (Å²) in [5.41, 5.74) is 0.967. The van der Waals surface area contributed by atoms with Crippen molar-refractivity contribution in [2.45, 2.75) is 17.3 Å². The second-order valence-corrected chi connectivity index (χ2v) is 6.81. The second-order valence-electron chi connectivity index (χ2n) is 4.43. The van der Waals surface area contributed by atoms with Gasteiger partial charge in [-0.3, -0.25) is 0 Å². The number of hydrogen-bond acceptors (Lipinski definition) is 7. The number of aromatic nitrogens is 2. The van der Waals surface area contributed by atoms with E-state index in [1.165, 1.54) is 11.8 Å². The molecule has 0 bridgehead atoms. The van der Waals surface area contributed by atoms with Crippen molar-refractivity contribution < 1.29 is 13.9 Å². The average molecular weight is 367 g/mol. The van der Waals surface area contributed by atoms with Gasteiger partial charge in [-0.05, 0) is 24.3 Å². The van der Waals surface area contributed by atoms with Gasteiger partial charge >= 0.3 is 5.97 Å². The predicted molar refractivity (Wildman–Crippen MR) is 88.7 cm³/mol. The van der Waals surface area contributed by atoms with E-state index in [4.69, 9.17) is 20.8 Å². The Bertz CT molecular complexity index is 790. The Kier molecular flexibility index (Phi) is 5.32. The Morgan fingerprint density at radius 2 is 2.17 bits per heavy atom. The number of ether oxygens (including phenoxy) is 1. The number of esters is 1. The summed E-state index contributed by atoms with van der Waals surface area (Å²) >= 11 is 8.47. The molecule has 5 nitrogen and oxygen atoms in total. The normalized spacial score (nSPS) is 10.7. The van der Waals surface area contributed by atoms with Gasteiger partial charge in [-0.15, -0.1) is 16.9 Å². The van der Waals surface area contributed by atoms with Crippen molar-refractivity contribution in [3.05, 3.63) is 64.0 Å². The van der Waals surface area contributed by atoms with Crippen LogP contribution in [-0.4, -0.2) is 15.6 Å². The van der Waals surface area contributed by atoms with Gasteiger partial charge in [0.2, 0.25) is 0 Å². The van der Waals surface area contributed by atoms with Crippen LogP contribution in [-0.2, 0) is 17.1 Å². The van der Waals surface area contributed by atoms with E-state index in [0.717, 1.165) is 22.2 Å². The third kappa shape index (κ3) is 4.13. The molecule has 0 radical (unpaired) electrons. The lowest BCUT2D eigenvalue weighted by molar-refractivity contribution is 0.0464. The summed E-state index contributed by atoms with van der Waals surface area (Å²) in [5, 5.41) is 3.82. The molecule has 0 saturated carbocycles. The van der Waals surface area contributed by atoms with E-state index in [1.54, 1.807) is 18.4 Å². The lowest BCUT2D eigenvalue weighted by Crippen LogP contribution is -2.07. The van der Waals surface area contributed by atoms with Gasteiger partial charge in [0.1, 0.15) is 22.4 Å². The fourth-order valence-corrected chi connectivity index (χ4v) is 3.34. The first-order valence-corrected chi connectivity index (χ1v) is 8.76. The van der Waals surface area contributed by atoms with Crippen molar-refractivity contribution in [1.29, 1.82) is 0 Å². The van der Waals surface area contributed by atoms with Crippen molar-refractivity contribution in [2.75, 3.05) is 0 Å². The fourth-order valence-electron chi connectivity index (χ4n) is 1.80. The molecule has 3 aromatic rings. The van der Waals surface area contributed by atoms with E-state index < -0.39 is 5.97 Å². The van der Waals surface area contributed by atoms with Gasteiger partial charge in [0.05, 0.1) is 17.6 Å². The minimum Gasteiger partial charge on any atom is -0.468 e. The van der Waals surface area contributed by atoms with Crippen LogP contribution in [0.4, 0.5) is 0 Å². The van der Waals surface area contributed by atoms with Crippen LogP contribution in [0, 0.1) is 0 Å². The molecule has 0 atom stereocenters. The smallest absolute Gasteiger partial charge is 0.339 e. The van der Waals surface area contributed by atoms with Crippen LogP contribution >= 0.6 is 34.9 Å². The third-order valence-corrected chi connectivity index (χ3v) is 4.99. The zero-order valence-corrected chi connectivity index (χ0v) is 14.2. The molecule has 0 amide bonds. The number of nitrogens with zero attached hydrogens (tertiary/aromatic N) is 2. The zero-order valence-electron chi connectivity index (χ0n) is 11.8. The van der Waals surface area contributed by atoms with Crippen LogP contribution in [0.1, 0.15) is 21.8 Å². The zero-order chi connectivity index (χ0) is 16.1. The maximum atomic E-state index is 12.3. The minimum atomic E-state index is -0.420. The summed E-state index contributed by atoms with van der Waals surface area (Å²) in [6, 6.07) is 11.0. The van der Waals surface area contributed by atoms with Crippen molar-refractivity contribution in [3.63, 3.8) is 0 Å². The van der Waals surface area contributed by atoms with E-state index in [9.17, 15) is 4.79 Å². The highest BCUT2D eigenvalue weighted by Gasteiger charge is 2.15. The van der Waals surface area contributed by atoms with Crippen LogP contribution in [0.15, 0.2) is 52.0 Å². The van der Waals surface area contributed by atoms with Crippen molar-refractivity contribution in [1.82, 2.24) is 9.59 Å². The van der Waals surface area contributed by atoms with E-state index in [2.05, 4.69) is 9.59 Å². The number of thioether (sulfide) groups is 1. The highest BCUT2D eigenvalue weighted by atomic mass is 35.5. The van der Waals surface area contributed by atoms with Gasteiger partial charge in [-0.1, -0.05) is 28.2 Å². The summed E-state index contributed by atoms with van der Waals surface area (Å²) in [6.07, 6.45) is 1.63. The van der Waals surface area contributed by atoms with Crippen molar-refractivity contribution in [2.24, 2.45) is 0 Å². The molecule has 0 aliphatic carbocycles. The monoisotopic (exact) mass is 366 g/mol. The first-order chi connectivity index (χ1) is 11.2. The van der Waals surface area contributed by atoms with Crippen LogP contribution in [0.25, 0.3) is 0 Å². The number of furan rings is 1. The van der Waals surface area contributed by atoms with E-state index in [0.29, 0.717) is 21.3 Å². The number of hydrogen-bond donors (Lipinski definition) is 0. The Labute approximate surface area is 145 Å². The highest BCUT2D eigenvalue weighted by molar-refractivity contribution is 7.98. The molecule has 0 aliphatic rings. The van der Waals surface area contributed by atoms with E-state index in [1.807, 2.05) is 24.3 Å². The molecule has 2 heterocycles. The molecule has 0 unspecified atom stereocenters. The third-order valence-electron chi connectivity index (χ3n) is 2.91. The van der Waals surface area contributed by atoms with Crippen LogP contribution in [0.2, 0.25) is 4.34 Å². The Morgan fingerprint density at radius 3 is 2.91 bits per heavy atom. The Hall–Kier alpha value is -1.83. The maximum Gasteiger partial charge on any atom is 0.339 e. The van der Waals surface area contributed by atoms with Gasteiger partial charge in [0, 0.05) is 16.4 Å². The molecule has 0 N–H and O–H groups in total. The van der Waals surface area contributed by atoms with Gasteiger partial charge in [0.15, 0.2) is 0 Å². The van der Waals surface area contributed by atoms with Gasteiger partial charge < -0.3 is 9.15 Å². The van der Waals surface area contributed by atoms with Gasteiger partial charge in [-0.2, -0.15) is 0 Å². The molecule has 8 heteroatoms. The van der Waals surface area contributed by atoms with Crippen molar-refractivity contribution in [3.8, 4) is 0 Å². The Morgan fingerprint density at radius 1 is 1.30 bits per heavy atom. The summed E-state index contributed by atoms with van der Waals surface area (Å²) in [5.74, 6) is 1.06. The lowest BCUT2D eigenvalue weighted by Gasteiger charge is -2.08. The molecule has 0 spiro atoms. The van der Waals surface area contributed by atoms with Crippen LogP contribution < -0.4 is 0 Å². The lowest BCUT2D eigenvalue weighted by atomic mass is 10.2. The molecular formula is C15H11ClN2O3S2. The SMILES string of the molecule is O=C(OCc1nnsc1Cl)c1ccccc1SCc1ccco1. The molecule has 0 aliphatic heterocycles. The maximum absolute atomic E-state index is 12.3. The first-order valence-electron chi connectivity index (χ1n) is 6.62. The molecule has 0 saturated heterocycles. The van der Waals surface area contributed by atoms with Crippen LogP contribution in [0.3, 0.4) is 0 Å². The summed E-state index contributed by atoms with van der Waals surface area (Å²) in [7, 11) is 0. The van der Waals surface area contributed by atoms with E-state index in [-0.39, 0.29) is 6.61 Å². The largest absolute Gasteiger partial charge is 0.468 e. The molecule has 1 aromatic carbocycles. The van der Waals surface area contributed by atoms with Crippen molar-refractivity contribution >= 4 is 40.9 Å². The summed E-state index contributed by atoms with van der Waals surface area (Å²) < 4.78 is 14.7. The first kappa shape index (κ1) is 16.0. The molecule has 0 fully saturated rings. The predicted octanol–water partition coefficient (Wildman–Crippen LogP) is 4.43. The fraction of sp³-hybridized carbons (Fsp3) is 0.133. The minimum absolute atomic E-state index is 0.00531. The number of benzene rings is 1. The van der Waals surface area contributed by atoms with E-state index >= 15 is 0 Å². The number of carbonyl (C=O) groups is 1. The molecular weight excluding hydrogens is 356 g/mol. The molecule has 2 aromatic heterocycles. The van der Waals surface area contributed by atoms with Gasteiger partial charge in [0.25, 0.3) is 0 Å². The molecule has 118 valence electrons.